The summed E-state index contributed by atoms with van der Waals surface area (Å²) in [6, 6.07) is 10.7. The third kappa shape index (κ3) is 4.10. The third-order valence-electron chi connectivity index (χ3n) is 5.18. The zero-order valence-corrected chi connectivity index (χ0v) is 17.4. The molecule has 1 aliphatic rings. The number of nitrogens with zero attached hydrogens (tertiary/aromatic N) is 3. The number of benzene rings is 2. The second kappa shape index (κ2) is 8.23. The van der Waals surface area contributed by atoms with Crippen molar-refractivity contribution in [3.63, 3.8) is 0 Å². The van der Waals surface area contributed by atoms with Crippen molar-refractivity contribution in [3.05, 3.63) is 53.9 Å². The number of halogens is 2. The van der Waals surface area contributed by atoms with Crippen LogP contribution in [0.5, 0.6) is 5.75 Å². The number of ether oxygens (including phenoxy) is 1. The van der Waals surface area contributed by atoms with Crippen molar-refractivity contribution in [3.8, 4) is 5.75 Å². The van der Waals surface area contributed by atoms with E-state index in [1.807, 2.05) is 0 Å². The summed E-state index contributed by atoms with van der Waals surface area (Å²) in [5, 5.41) is 0. The summed E-state index contributed by atoms with van der Waals surface area (Å²) in [5.74, 6) is -0.183. The van der Waals surface area contributed by atoms with Crippen molar-refractivity contribution >= 4 is 27.0 Å². The number of fused-ring (bicyclic) bond motifs is 1. The van der Waals surface area contributed by atoms with E-state index in [9.17, 15) is 22.0 Å². The van der Waals surface area contributed by atoms with Gasteiger partial charge in [-0.2, -0.15) is 4.31 Å². The van der Waals surface area contributed by atoms with Crippen LogP contribution < -0.4 is 4.74 Å². The molecule has 0 aliphatic carbocycles. The molecule has 0 atom stereocenters. The topological polar surface area (TPSA) is 95.6 Å². The molecular weight excluding hydrogens is 430 g/mol. The molecular formula is C20H20F2N4O4S. The number of alkyl halides is 2. The smallest absolute Gasteiger partial charge is 0.295 e. The van der Waals surface area contributed by atoms with Gasteiger partial charge >= 0.3 is 0 Å². The molecule has 1 N–H and O–H groups in total. The highest BCUT2D eigenvalue weighted by molar-refractivity contribution is 7.89. The first-order valence-electron chi connectivity index (χ1n) is 9.51. The molecule has 0 radical (unpaired) electrons. The van der Waals surface area contributed by atoms with Gasteiger partial charge in [0.1, 0.15) is 5.75 Å². The van der Waals surface area contributed by atoms with Gasteiger partial charge < -0.3 is 14.6 Å². The summed E-state index contributed by atoms with van der Waals surface area (Å²) in [7, 11) is -2.18. The summed E-state index contributed by atoms with van der Waals surface area (Å²) in [6.07, 6.45) is -2.73. The molecule has 164 valence electrons. The zero-order chi connectivity index (χ0) is 22.2. The van der Waals surface area contributed by atoms with Crippen molar-refractivity contribution in [2.24, 2.45) is 0 Å². The number of nitrogens with one attached hydrogen (secondary N) is 1. The van der Waals surface area contributed by atoms with Crippen LogP contribution in [0.1, 0.15) is 22.6 Å². The maximum atomic E-state index is 12.8. The molecule has 1 aromatic heterocycles. The van der Waals surface area contributed by atoms with Gasteiger partial charge in [-0.05, 0) is 42.5 Å². The number of hydrogen-bond donors (Lipinski definition) is 1. The highest BCUT2D eigenvalue weighted by atomic mass is 32.2. The molecule has 1 aliphatic heterocycles. The van der Waals surface area contributed by atoms with E-state index in [2.05, 4.69) is 9.97 Å². The normalized spacial score (nSPS) is 15.5. The lowest BCUT2D eigenvalue weighted by Crippen LogP contribution is -2.50. The van der Waals surface area contributed by atoms with Crippen LogP contribution in [-0.4, -0.2) is 66.8 Å². The van der Waals surface area contributed by atoms with Gasteiger partial charge in [-0.3, -0.25) is 4.79 Å². The number of hydrogen-bond acceptors (Lipinski definition) is 5. The monoisotopic (exact) mass is 450 g/mol. The number of amides is 1. The van der Waals surface area contributed by atoms with Crippen LogP contribution in [0.4, 0.5) is 8.78 Å². The predicted molar refractivity (Wildman–Crippen MR) is 109 cm³/mol. The molecule has 1 fully saturated rings. The standard InChI is InChI=1S/C20H20F2N4O4S/c1-30-14-3-5-15(6-4-14)31(28,29)26-10-8-25(9-11-26)20(27)13-2-7-16-17(12-13)24-19(23-16)18(21)22/h2-7,12,18H,8-11H2,1H3,(H,23,24). The summed E-state index contributed by atoms with van der Waals surface area (Å²) >= 11 is 0. The largest absolute Gasteiger partial charge is 0.497 e. The average molecular weight is 450 g/mol. The van der Waals surface area contributed by atoms with E-state index >= 15 is 0 Å². The molecule has 0 unspecified atom stereocenters. The first kappa shape index (κ1) is 21.2. The number of sulfonamides is 1. The van der Waals surface area contributed by atoms with E-state index in [0.717, 1.165) is 0 Å². The molecule has 8 nitrogen and oxygen atoms in total. The van der Waals surface area contributed by atoms with Gasteiger partial charge in [0.25, 0.3) is 12.3 Å². The molecule has 2 heterocycles. The fraction of sp³-hybridized carbons (Fsp3) is 0.300. The number of methoxy groups -OCH3 is 1. The minimum absolute atomic E-state index is 0.155. The Kier molecular flexibility index (Phi) is 5.63. The second-order valence-corrected chi connectivity index (χ2v) is 8.96. The van der Waals surface area contributed by atoms with Gasteiger partial charge in [-0.25, -0.2) is 22.2 Å². The Morgan fingerprint density at radius 3 is 2.39 bits per heavy atom. The van der Waals surface area contributed by atoms with E-state index in [1.165, 1.54) is 41.7 Å². The summed E-state index contributed by atoms with van der Waals surface area (Å²) in [4.78, 5) is 20.9. The molecule has 0 saturated carbocycles. The Hall–Kier alpha value is -3.05. The number of imidazole rings is 1. The number of aromatic amines is 1. The van der Waals surface area contributed by atoms with E-state index in [-0.39, 0.29) is 37.0 Å². The lowest BCUT2D eigenvalue weighted by molar-refractivity contribution is 0.0698. The molecule has 1 saturated heterocycles. The van der Waals surface area contributed by atoms with Crippen LogP contribution >= 0.6 is 0 Å². The highest BCUT2D eigenvalue weighted by Gasteiger charge is 2.30. The number of carbonyl (C=O) groups excluding carboxylic acids is 1. The van der Waals surface area contributed by atoms with Gasteiger partial charge in [-0.15, -0.1) is 0 Å². The number of piperazine rings is 1. The summed E-state index contributed by atoms with van der Waals surface area (Å²) < 4.78 is 57.7. The number of rotatable bonds is 5. The first-order valence-corrected chi connectivity index (χ1v) is 10.9. The summed E-state index contributed by atoms with van der Waals surface area (Å²) in [6.45, 7) is 0.749. The van der Waals surface area contributed by atoms with Crippen LogP contribution in [0, 0.1) is 0 Å². The second-order valence-electron chi connectivity index (χ2n) is 7.03. The van der Waals surface area contributed by atoms with Gasteiger partial charge in [0.05, 0.1) is 23.0 Å². The SMILES string of the molecule is COc1ccc(S(=O)(=O)N2CCN(C(=O)c3ccc4nc(C(F)F)[nH]c4c3)CC2)cc1. The quantitative estimate of drug-likeness (QED) is 0.645. The average Bonchev–Trinajstić information content (AvgIpc) is 3.22. The van der Waals surface area contributed by atoms with E-state index in [0.29, 0.717) is 22.3 Å². The van der Waals surface area contributed by atoms with E-state index < -0.39 is 22.3 Å². The van der Waals surface area contributed by atoms with Crippen LogP contribution in [-0.2, 0) is 10.0 Å². The van der Waals surface area contributed by atoms with Gasteiger partial charge in [0.2, 0.25) is 10.0 Å². The molecule has 0 spiro atoms. The van der Waals surface area contributed by atoms with Gasteiger partial charge in [0, 0.05) is 31.7 Å². The molecule has 0 bridgehead atoms. The number of aromatic nitrogens is 2. The Morgan fingerprint density at radius 1 is 1.10 bits per heavy atom. The van der Waals surface area contributed by atoms with Crippen LogP contribution in [0.2, 0.25) is 0 Å². The van der Waals surface area contributed by atoms with Crippen LogP contribution in [0.3, 0.4) is 0 Å². The highest BCUT2D eigenvalue weighted by Crippen LogP contribution is 2.23. The zero-order valence-electron chi connectivity index (χ0n) is 16.6. The van der Waals surface area contributed by atoms with Gasteiger partial charge in [0.15, 0.2) is 5.82 Å². The Labute approximate surface area is 177 Å². The Morgan fingerprint density at radius 2 is 1.77 bits per heavy atom. The summed E-state index contributed by atoms with van der Waals surface area (Å²) in [5.41, 5.74) is 1.02. The van der Waals surface area contributed by atoms with Crippen molar-refractivity contribution in [1.29, 1.82) is 0 Å². The third-order valence-corrected chi connectivity index (χ3v) is 7.09. The van der Waals surface area contributed by atoms with E-state index in [4.69, 9.17) is 4.74 Å². The van der Waals surface area contributed by atoms with Crippen molar-refractivity contribution in [1.82, 2.24) is 19.2 Å². The fourth-order valence-electron chi connectivity index (χ4n) is 3.48. The minimum Gasteiger partial charge on any atom is -0.497 e. The number of carbonyl (C=O) groups is 1. The Bertz CT molecular complexity index is 1200. The maximum Gasteiger partial charge on any atom is 0.295 e. The lowest BCUT2D eigenvalue weighted by atomic mass is 10.1. The van der Waals surface area contributed by atoms with Crippen molar-refractivity contribution in [2.45, 2.75) is 11.3 Å². The molecule has 1 amide bonds. The van der Waals surface area contributed by atoms with Crippen LogP contribution in [0.15, 0.2) is 47.4 Å². The molecule has 31 heavy (non-hydrogen) atoms. The van der Waals surface area contributed by atoms with Crippen molar-refractivity contribution in [2.75, 3.05) is 33.3 Å². The minimum atomic E-state index is -3.68. The molecule has 4 rings (SSSR count). The predicted octanol–water partition coefficient (Wildman–Crippen LogP) is 2.66. The Balaban J connectivity index is 1.45. The lowest BCUT2D eigenvalue weighted by Gasteiger charge is -2.34. The van der Waals surface area contributed by atoms with E-state index in [1.54, 1.807) is 17.0 Å². The molecule has 2 aromatic carbocycles. The van der Waals surface area contributed by atoms with Crippen molar-refractivity contribution < 1.29 is 26.7 Å². The fourth-order valence-corrected chi connectivity index (χ4v) is 4.90. The van der Waals surface area contributed by atoms with Crippen LogP contribution in [0.25, 0.3) is 11.0 Å². The maximum absolute atomic E-state index is 12.8. The van der Waals surface area contributed by atoms with Gasteiger partial charge in [-0.1, -0.05) is 0 Å². The molecule has 3 aromatic rings. The first-order chi connectivity index (χ1) is 14.8. The number of H-pyrrole nitrogens is 1. The molecule has 11 heteroatoms.